The van der Waals surface area contributed by atoms with Crippen molar-refractivity contribution in [2.75, 3.05) is 51.1 Å². The van der Waals surface area contributed by atoms with Crippen molar-refractivity contribution >= 4 is 17.5 Å². The summed E-state index contributed by atoms with van der Waals surface area (Å²) in [5.74, 6) is -0.00888. The Bertz CT molecular complexity index is 486. The Morgan fingerprint density at radius 1 is 1.23 bits per heavy atom. The molecule has 2 N–H and O–H groups in total. The summed E-state index contributed by atoms with van der Waals surface area (Å²) in [4.78, 5) is 31.2. The van der Waals surface area contributed by atoms with Gasteiger partial charge >= 0.3 is 0 Å². The molecule has 120 valence electrons. The van der Waals surface area contributed by atoms with E-state index in [2.05, 4.69) is 25.4 Å². The second-order valence-corrected chi connectivity index (χ2v) is 5.39. The van der Waals surface area contributed by atoms with Gasteiger partial charge in [-0.25, -0.2) is 0 Å². The number of carbonyl (C=O) groups excluding carboxylic acids is 2. The van der Waals surface area contributed by atoms with E-state index in [1.807, 2.05) is 6.07 Å². The molecule has 7 nitrogen and oxygen atoms in total. The van der Waals surface area contributed by atoms with Crippen LogP contribution in [-0.4, -0.2) is 72.4 Å². The third kappa shape index (κ3) is 5.79. The lowest BCUT2D eigenvalue weighted by Gasteiger charge is -2.34. The molecular weight excluding hydrogens is 282 g/mol. The van der Waals surface area contributed by atoms with Gasteiger partial charge in [-0.3, -0.25) is 24.4 Å². The van der Waals surface area contributed by atoms with Crippen molar-refractivity contribution in [1.29, 1.82) is 0 Å². The first-order valence-electron chi connectivity index (χ1n) is 7.52. The van der Waals surface area contributed by atoms with E-state index >= 15 is 0 Å². The van der Waals surface area contributed by atoms with E-state index in [1.54, 1.807) is 18.5 Å². The van der Waals surface area contributed by atoms with Crippen molar-refractivity contribution in [3.8, 4) is 0 Å². The summed E-state index contributed by atoms with van der Waals surface area (Å²) in [6.07, 6.45) is 3.31. The van der Waals surface area contributed by atoms with Crippen LogP contribution >= 0.6 is 0 Å². The van der Waals surface area contributed by atoms with Gasteiger partial charge in [0, 0.05) is 52.4 Å². The normalized spacial score (nSPS) is 16.2. The molecule has 0 atom stereocenters. The summed E-state index contributed by atoms with van der Waals surface area (Å²) in [5, 5.41) is 5.64. The molecule has 22 heavy (non-hydrogen) atoms. The zero-order valence-electron chi connectivity index (χ0n) is 12.9. The third-order valence-corrected chi connectivity index (χ3v) is 3.58. The smallest absolute Gasteiger partial charge is 0.238 e. The fraction of sp³-hybridized carbons (Fsp3) is 0.533. The van der Waals surface area contributed by atoms with Crippen LogP contribution in [0.1, 0.15) is 6.92 Å². The van der Waals surface area contributed by atoms with Crippen LogP contribution in [-0.2, 0) is 9.59 Å². The fourth-order valence-corrected chi connectivity index (χ4v) is 2.40. The van der Waals surface area contributed by atoms with Crippen molar-refractivity contribution < 1.29 is 9.59 Å². The van der Waals surface area contributed by atoms with Crippen LogP contribution in [0.25, 0.3) is 0 Å². The predicted octanol–water partition coefficient (Wildman–Crippen LogP) is -0.226. The standard InChI is InChI=1S/C15H23N5O2/c1-13(21)17-5-6-19-7-9-20(10-8-19)12-15(22)18-14-3-2-4-16-11-14/h2-4,11H,5-10,12H2,1H3,(H,17,21)(H,18,22). The lowest BCUT2D eigenvalue weighted by atomic mass is 10.3. The van der Waals surface area contributed by atoms with E-state index < -0.39 is 0 Å². The maximum Gasteiger partial charge on any atom is 0.238 e. The first-order chi connectivity index (χ1) is 10.6. The van der Waals surface area contributed by atoms with Crippen LogP contribution in [0.15, 0.2) is 24.5 Å². The van der Waals surface area contributed by atoms with Gasteiger partial charge in [0.2, 0.25) is 11.8 Å². The predicted molar refractivity (Wildman–Crippen MR) is 84.4 cm³/mol. The quantitative estimate of drug-likeness (QED) is 0.759. The molecule has 0 unspecified atom stereocenters. The maximum atomic E-state index is 12.0. The highest BCUT2D eigenvalue weighted by atomic mass is 16.2. The number of carbonyl (C=O) groups is 2. The van der Waals surface area contributed by atoms with Crippen molar-refractivity contribution in [2.45, 2.75) is 6.92 Å². The second-order valence-electron chi connectivity index (χ2n) is 5.39. The minimum absolute atomic E-state index is 0.00529. The van der Waals surface area contributed by atoms with Gasteiger partial charge in [-0.1, -0.05) is 0 Å². The summed E-state index contributed by atoms with van der Waals surface area (Å²) in [5.41, 5.74) is 0.724. The summed E-state index contributed by atoms with van der Waals surface area (Å²) in [7, 11) is 0. The fourth-order valence-electron chi connectivity index (χ4n) is 2.40. The van der Waals surface area contributed by atoms with Gasteiger partial charge in [0.25, 0.3) is 0 Å². The van der Waals surface area contributed by atoms with Gasteiger partial charge in [-0.2, -0.15) is 0 Å². The van der Waals surface area contributed by atoms with Crippen LogP contribution in [0.2, 0.25) is 0 Å². The summed E-state index contributed by atoms with van der Waals surface area (Å²) < 4.78 is 0. The molecule has 0 spiro atoms. The number of amides is 2. The zero-order valence-corrected chi connectivity index (χ0v) is 12.9. The molecule has 7 heteroatoms. The van der Waals surface area contributed by atoms with E-state index in [4.69, 9.17) is 0 Å². The number of aromatic nitrogens is 1. The number of nitrogens with zero attached hydrogens (tertiary/aromatic N) is 3. The Morgan fingerprint density at radius 3 is 2.59 bits per heavy atom. The molecule has 0 saturated carbocycles. The Kier molecular flexibility index (Phi) is 6.29. The summed E-state index contributed by atoms with van der Waals surface area (Å²) in [6, 6.07) is 3.62. The number of rotatable bonds is 6. The molecule has 2 rings (SSSR count). The molecule has 2 amide bonds. The molecule has 2 heterocycles. The van der Waals surface area contributed by atoms with Gasteiger partial charge in [0.1, 0.15) is 0 Å². The highest BCUT2D eigenvalue weighted by Gasteiger charge is 2.18. The highest BCUT2D eigenvalue weighted by Crippen LogP contribution is 2.04. The molecule has 1 aromatic rings. The first-order valence-corrected chi connectivity index (χ1v) is 7.52. The van der Waals surface area contributed by atoms with E-state index in [0.29, 0.717) is 13.1 Å². The van der Waals surface area contributed by atoms with Crippen LogP contribution in [0.4, 0.5) is 5.69 Å². The molecule has 0 radical (unpaired) electrons. The molecule has 1 aromatic heterocycles. The molecule has 1 saturated heterocycles. The number of pyridine rings is 1. The molecule has 0 aromatic carbocycles. The molecule has 1 fully saturated rings. The largest absolute Gasteiger partial charge is 0.355 e. The minimum Gasteiger partial charge on any atom is -0.355 e. The van der Waals surface area contributed by atoms with E-state index in [-0.39, 0.29) is 11.8 Å². The molecule has 0 bridgehead atoms. The third-order valence-electron chi connectivity index (χ3n) is 3.58. The second kappa shape index (κ2) is 8.45. The summed E-state index contributed by atoms with van der Waals surface area (Å²) >= 11 is 0. The van der Waals surface area contributed by atoms with E-state index in [1.165, 1.54) is 6.92 Å². The highest BCUT2D eigenvalue weighted by molar-refractivity contribution is 5.92. The number of hydrogen-bond donors (Lipinski definition) is 2. The van der Waals surface area contributed by atoms with Crippen molar-refractivity contribution in [3.63, 3.8) is 0 Å². The van der Waals surface area contributed by atoms with Crippen molar-refractivity contribution in [2.24, 2.45) is 0 Å². The topological polar surface area (TPSA) is 77.6 Å². The average Bonchev–Trinajstić information content (AvgIpc) is 2.49. The molecule has 1 aliphatic heterocycles. The van der Waals surface area contributed by atoms with Gasteiger partial charge in [0.05, 0.1) is 18.4 Å². The van der Waals surface area contributed by atoms with Crippen LogP contribution in [0, 0.1) is 0 Å². The molecule has 0 aliphatic carbocycles. The molecular formula is C15H23N5O2. The van der Waals surface area contributed by atoms with Crippen molar-refractivity contribution in [1.82, 2.24) is 20.1 Å². The number of hydrogen-bond acceptors (Lipinski definition) is 5. The SMILES string of the molecule is CC(=O)NCCN1CCN(CC(=O)Nc2cccnc2)CC1. The van der Waals surface area contributed by atoms with Crippen LogP contribution in [0.5, 0.6) is 0 Å². The Hall–Kier alpha value is -1.99. The lowest BCUT2D eigenvalue weighted by Crippen LogP contribution is -2.50. The number of nitrogens with one attached hydrogen (secondary N) is 2. The van der Waals surface area contributed by atoms with Crippen LogP contribution in [0.3, 0.4) is 0 Å². The Morgan fingerprint density at radius 2 is 1.95 bits per heavy atom. The Labute approximate surface area is 130 Å². The Balaban J connectivity index is 1.64. The number of piperazine rings is 1. The minimum atomic E-state index is -0.0142. The van der Waals surface area contributed by atoms with Gasteiger partial charge in [0.15, 0.2) is 0 Å². The first kappa shape index (κ1) is 16.4. The van der Waals surface area contributed by atoms with E-state index in [0.717, 1.165) is 38.4 Å². The number of anilines is 1. The zero-order chi connectivity index (χ0) is 15.8. The monoisotopic (exact) mass is 305 g/mol. The van der Waals surface area contributed by atoms with Gasteiger partial charge in [-0.05, 0) is 12.1 Å². The van der Waals surface area contributed by atoms with Crippen LogP contribution < -0.4 is 10.6 Å². The van der Waals surface area contributed by atoms with Gasteiger partial charge in [-0.15, -0.1) is 0 Å². The maximum absolute atomic E-state index is 12.0. The lowest BCUT2D eigenvalue weighted by molar-refractivity contribution is -0.119. The average molecular weight is 305 g/mol. The summed E-state index contributed by atoms with van der Waals surface area (Å²) in [6.45, 7) is 7.01. The van der Waals surface area contributed by atoms with E-state index in [9.17, 15) is 9.59 Å². The van der Waals surface area contributed by atoms with Gasteiger partial charge < -0.3 is 10.6 Å². The van der Waals surface area contributed by atoms with Crippen molar-refractivity contribution in [3.05, 3.63) is 24.5 Å². The molecule has 1 aliphatic rings.